The molecule has 3 rings (SSSR count). The van der Waals surface area contributed by atoms with Gasteiger partial charge in [0.05, 0.1) is 6.10 Å². The van der Waals surface area contributed by atoms with Crippen LogP contribution in [0, 0.1) is 5.92 Å². The van der Waals surface area contributed by atoms with Gasteiger partial charge >= 0.3 is 6.03 Å². The van der Waals surface area contributed by atoms with Crippen molar-refractivity contribution in [3.05, 3.63) is 24.3 Å². The van der Waals surface area contributed by atoms with Gasteiger partial charge in [-0.1, -0.05) is 0 Å². The predicted octanol–water partition coefficient (Wildman–Crippen LogP) is 2.72. The van der Waals surface area contributed by atoms with E-state index in [1.54, 1.807) is 24.3 Å². The second-order valence-electron chi connectivity index (χ2n) is 6.34. The minimum atomic E-state index is -0.209. The topological polar surface area (TPSA) is 79.5 Å². The fourth-order valence-electron chi connectivity index (χ4n) is 2.71. The zero-order chi connectivity index (χ0) is 16.2. The molecule has 2 fully saturated rings. The van der Waals surface area contributed by atoms with E-state index in [1.165, 1.54) is 0 Å². The molecule has 1 aliphatic carbocycles. The lowest BCUT2D eigenvalue weighted by atomic mass is 10.0. The molecule has 124 valence electrons. The molecule has 1 aromatic carbocycles. The molecule has 1 saturated heterocycles. The van der Waals surface area contributed by atoms with Crippen LogP contribution >= 0.6 is 0 Å². The number of anilines is 2. The van der Waals surface area contributed by atoms with Crippen molar-refractivity contribution in [3.8, 4) is 0 Å². The number of carbonyl (C=O) groups is 2. The van der Waals surface area contributed by atoms with E-state index >= 15 is 0 Å². The van der Waals surface area contributed by atoms with Crippen LogP contribution in [0.5, 0.6) is 0 Å². The molecule has 23 heavy (non-hydrogen) atoms. The van der Waals surface area contributed by atoms with Gasteiger partial charge in [-0.3, -0.25) is 4.79 Å². The maximum absolute atomic E-state index is 12.0. The number of hydrogen-bond acceptors (Lipinski definition) is 3. The molecule has 2 atom stereocenters. The highest BCUT2D eigenvalue weighted by molar-refractivity contribution is 5.94. The number of ether oxygens (including phenoxy) is 1. The van der Waals surface area contributed by atoms with Crippen molar-refractivity contribution in [1.29, 1.82) is 0 Å². The summed E-state index contributed by atoms with van der Waals surface area (Å²) >= 11 is 0. The maximum atomic E-state index is 12.0. The van der Waals surface area contributed by atoms with Crippen molar-refractivity contribution >= 4 is 23.3 Å². The van der Waals surface area contributed by atoms with Gasteiger partial charge in [0.15, 0.2) is 0 Å². The van der Waals surface area contributed by atoms with Crippen molar-refractivity contribution in [1.82, 2.24) is 5.32 Å². The van der Waals surface area contributed by atoms with Crippen LogP contribution in [0.3, 0.4) is 0 Å². The molecule has 1 aromatic rings. The van der Waals surface area contributed by atoms with Crippen molar-refractivity contribution in [2.75, 3.05) is 17.2 Å². The average Bonchev–Trinajstić information content (AvgIpc) is 3.34. The molecule has 6 nitrogen and oxygen atoms in total. The van der Waals surface area contributed by atoms with Gasteiger partial charge in [0.25, 0.3) is 0 Å². The third kappa shape index (κ3) is 4.69. The molecule has 3 amide bonds. The van der Waals surface area contributed by atoms with Crippen molar-refractivity contribution < 1.29 is 14.3 Å². The summed E-state index contributed by atoms with van der Waals surface area (Å²) in [4.78, 5) is 23.7. The highest BCUT2D eigenvalue weighted by Crippen LogP contribution is 2.30. The third-order valence-corrected chi connectivity index (χ3v) is 4.18. The second-order valence-corrected chi connectivity index (χ2v) is 6.34. The molecule has 3 N–H and O–H groups in total. The molecule has 1 saturated carbocycles. The lowest BCUT2D eigenvalue weighted by Gasteiger charge is -2.27. The van der Waals surface area contributed by atoms with E-state index in [0.29, 0.717) is 12.3 Å². The van der Waals surface area contributed by atoms with E-state index in [9.17, 15) is 9.59 Å². The largest absolute Gasteiger partial charge is 0.378 e. The number of nitrogens with one attached hydrogen (secondary N) is 3. The fraction of sp³-hybridized carbons (Fsp3) is 0.529. The number of urea groups is 1. The Bertz CT molecular complexity index is 569. The van der Waals surface area contributed by atoms with Gasteiger partial charge in [0.2, 0.25) is 5.91 Å². The van der Waals surface area contributed by atoms with Gasteiger partial charge in [0.1, 0.15) is 0 Å². The number of amides is 3. The van der Waals surface area contributed by atoms with Gasteiger partial charge in [-0.2, -0.15) is 0 Å². The van der Waals surface area contributed by atoms with E-state index in [2.05, 4.69) is 16.0 Å². The van der Waals surface area contributed by atoms with Crippen molar-refractivity contribution in [2.45, 2.75) is 44.8 Å². The van der Waals surface area contributed by atoms with E-state index in [4.69, 9.17) is 4.74 Å². The number of rotatable bonds is 4. The summed E-state index contributed by atoms with van der Waals surface area (Å²) in [6, 6.07) is 7.11. The predicted molar refractivity (Wildman–Crippen MR) is 88.4 cm³/mol. The van der Waals surface area contributed by atoms with Crippen LogP contribution in [0.1, 0.15) is 32.6 Å². The third-order valence-electron chi connectivity index (χ3n) is 4.18. The number of hydrogen-bond donors (Lipinski definition) is 3. The molecule has 0 unspecified atom stereocenters. The smallest absolute Gasteiger partial charge is 0.319 e. The number of carbonyl (C=O) groups excluding carboxylic acids is 2. The summed E-state index contributed by atoms with van der Waals surface area (Å²) in [6.07, 6.45) is 3.82. The van der Waals surface area contributed by atoms with Crippen LogP contribution in [-0.4, -0.2) is 30.7 Å². The lowest BCUT2D eigenvalue weighted by Crippen LogP contribution is -2.43. The maximum Gasteiger partial charge on any atom is 0.319 e. The lowest BCUT2D eigenvalue weighted by molar-refractivity contribution is -0.117. The van der Waals surface area contributed by atoms with Gasteiger partial charge in [-0.05, 0) is 56.9 Å². The van der Waals surface area contributed by atoms with Crippen LogP contribution in [0.4, 0.5) is 16.2 Å². The average molecular weight is 317 g/mol. The summed E-state index contributed by atoms with van der Waals surface area (Å²) in [7, 11) is 0. The highest BCUT2D eigenvalue weighted by atomic mass is 16.5. The summed E-state index contributed by atoms with van der Waals surface area (Å²) in [5.74, 6) is 0.262. The molecule has 6 heteroatoms. The first kappa shape index (κ1) is 15.8. The minimum absolute atomic E-state index is 0.0806. The van der Waals surface area contributed by atoms with E-state index < -0.39 is 0 Å². The molecule has 1 aliphatic heterocycles. The SMILES string of the molecule is C[C@H]1C[C@@H](NC(=O)Nc2ccc(NC(=O)C3CC3)cc2)CCO1. The molecule has 0 bridgehead atoms. The molecular weight excluding hydrogens is 294 g/mol. The highest BCUT2D eigenvalue weighted by Gasteiger charge is 2.29. The van der Waals surface area contributed by atoms with E-state index in [0.717, 1.165) is 31.4 Å². The Kier molecular flexibility index (Phi) is 4.81. The first-order chi connectivity index (χ1) is 11.1. The Balaban J connectivity index is 1.47. The van der Waals surface area contributed by atoms with Crippen LogP contribution in [0.15, 0.2) is 24.3 Å². The van der Waals surface area contributed by atoms with Gasteiger partial charge in [-0.25, -0.2) is 4.79 Å². The standard InChI is InChI=1S/C17H23N3O3/c1-11-10-15(8-9-23-11)20-17(22)19-14-6-4-13(5-7-14)18-16(21)12-2-3-12/h4-7,11-12,15H,2-3,8-10H2,1H3,(H,18,21)(H2,19,20,22)/t11-,15-/m0/s1. The van der Waals surface area contributed by atoms with Crippen molar-refractivity contribution in [2.24, 2.45) is 5.92 Å². The van der Waals surface area contributed by atoms with Crippen LogP contribution in [0.2, 0.25) is 0 Å². The zero-order valence-corrected chi connectivity index (χ0v) is 13.3. The Labute approximate surface area is 136 Å². The quantitative estimate of drug-likeness (QED) is 0.799. The Morgan fingerprint density at radius 3 is 2.30 bits per heavy atom. The first-order valence-electron chi connectivity index (χ1n) is 8.20. The monoisotopic (exact) mass is 317 g/mol. The number of benzene rings is 1. The second kappa shape index (κ2) is 7.00. The fourth-order valence-corrected chi connectivity index (χ4v) is 2.71. The first-order valence-corrected chi connectivity index (χ1v) is 8.20. The summed E-state index contributed by atoms with van der Waals surface area (Å²) in [6.45, 7) is 2.70. The van der Waals surface area contributed by atoms with Crippen LogP contribution in [0.25, 0.3) is 0 Å². The summed E-state index contributed by atoms with van der Waals surface area (Å²) < 4.78 is 5.47. The zero-order valence-electron chi connectivity index (χ0n) is 13.3. The summed E-state index contributed by atoms with van der Waals surface area (Å²) in [5, 5.41) is 8.66. The van der Waals surface area contributed by atoms with E-state index in [-0.39, 0.29) is 30.0 Å². The van der Waals surface area contributed by atoms with Gasteiger partial charge in [0, 0.05) is 29.9 Å². The molecule has 0 aromatic heterocycles. The summed E-state index contributed by atoms with van der Waals surface area (Å²) in [5.41, 5.74) is 1.46. The molecule has 0 spiro atoms. The molecule has 0 radical (unpaired) electrons. The Morgan fingerprint density at radius 2 is 1.70 bits per heavy atom. The molecule has 1 heterocycles. The minimum Gasteiger partial charge on any atom is -0.378 e. The molecule has 2 aliphatic rings. The van der Waals surface area contributed by atoms with Gasteiger partial charge in [-0.15, -0.1) is 0 Å². The van der Waals surface area contributed by atoms with E-state index in [1.807, 2.05) is 6.92 Å². The Morgan fingerprint density at radius 1 is 1.04 bits per heavy atom. The van der Waals surface area contributed by atoms with Crippen LogP contribution in [-0.2, 0) is 9.53 Å². The van der Waals surface area contributed by atoms with Crippen LogP contribution < -0.4 is 16.0 Å². The molecular formula is C17H23N3O3. The normalized spacial score (nSPS) is 23.9. The van der Waals surface area contributed by atoms with Crippen molar-refractivity contribution in [3.63, 3.8) is 0 Å². The Hall–Kier alpha value is -2.08. The van der Waals surface area contributed by atoms with Gasteiger partial charge < -0.3 is 20.7 Å².